The Labute approximate surface area is 148 Å². The predicted molar refractivity (Wildman–Crippen MR) is 98.8 cm³/mol. The summed E-state index contributed by atoms with van der Waals surface area (Å²) in [7, 11) is -3.31. The zero-order valence-corrected chi connectivity index (χ0v) is 15.1. The topological polar surface area (TPSA) is 79.4 Å². The van der Waals surface area contributed by atoms with Crippen LogP contribution in [0.15, 0.2) is 36.5 Å². The normalized spacial score (nSPS) is 15.8. The average molecular weight is 361 g/mol. The van der Waals surface area contributed by atoms with Crippen molar-refractivity contribution in [3.05, 3.63) is 36.5 Å². The molecule has 1 aliphatic rings. The molecule has 7 heteroatoms. The minimum absolute atomic E-state index is 0.0297. The van der Waals surface area contributed by atoms with Gasteiger partial charge >= 0.3 is 0 Å². The van der Waals surface area contributed by atoms with Crippen molar-refractivity contribution in [1.29, 1.82) is 0 Å². The van der Waals surface area contributed by atoms with Crippen molar-refractivity contribution in [2.45, 2.75) is 38.1 Å². The SMILES string of the molecule is CS(=O)(=O)N(CCC(=O)Nc1cccc2cccnc12)C1CCCC1. The van der Waals surface area contributed by atoms with Crippen LogP contribution in [0.25, 0.3) is 10.9 Å². The zero-order valence-electron chi connectivity index (χ0n) is 14.3. The van der Waals surface area contributed by atoms with Crippen molar-refractivity contribution in [2.75, 3.05) is 18.1 Å². The van der Waals surface area contributed by atoms with Crippen LogP contribution >= 0.6 is 0 Å². The summed E-state index contributed by atoms with van der Waals surface area (Å²) in [5, 5.41) is 3.81. The number of anilines is 1. The van der Waals surface area contributed by atoms with Gasteiger partial charge in [-0.15, -0.1) is 0 Å². The molecule has 0 aliphatic heterocycles. The number of nitrogens with zero attached hydrogens (tertiary/aromatic N) is 2. The maximum Gasteiger partial charge on any atom is 0.225 e. The number of aromatic nitrogens is 1. The first-order valence-corrected chi connectivity index (χ1v) is 10.4. The van der Waals surface area contributed by atoms with Gasteiger partial charge in [0.15, 0.2) is 0 Å². The Morgan fingerprint density at radius 1 is 1.24 bits per heavy atom. The van der Waals surface area contributed by atoms with Crippen LogP contribution in [0.2, 0.25) is 0 Å². The highest BCUT2D eigenvalue weighted by Gasteiger charge is 2.29. The Hall–Kier alpha value is -1.99. The number of sulfonamides is 1. The zero-order chi connectivity index (χ0) is 17.9. The van der Waals surface area contributed by atoms with Gasteiger partial charge in [-0.05, 0) is 25.0 Å². The summed E-state index contributed by atoms with van der Waals surface area (Å²) >= 11 is 0. The van der Waals surface area contributed by atoms with Crippen LogP contribution in [-0.2, 0) is 14.8 Å². The Bertz CT molecular complexity index is 856. The van der Waals surface area contributed by atoms with E-state index in [0.29, 0.717) is 5.69 Å². The van der Waals surface area contributed by atoms with Crippen molar-refractivity contribution >= 4 is 32.5 Å². The number of hydrogen-bond donors (Lipinski definition) is 1. The molecule has 1 aromatic heterocycles. The molecule has 0 unspecified atom stereocenters. The van der Waals surface area contributed by atoms with Crippen LogP contribution in [0.4, 0.5) is 5.69 Å². The molecule has 2 aromatic rings. The smallest absolute Gasteiger partial charge is 0.225 e. The van der Waals surface area contributed by atoms with Gasteiger partial charge in [-0.2, -0.15) is 4.31 Å². The molecular weight excluding hydrogens is 338 g/mol. The number of pyridine rings is 1. The van der Waals surface area contributed by atoms with Crippen LogP contribution < -0.4 is 5.32 Å². The van der Waals surface area contributed by atoms with Crippen LogP contribution in [-0.4, -0.2) is 42.5 Å². The van der Waals surface area contributed by atoms with Crippen molar-refractivity contribution < 1.29 is 13.2 Å². The third kappa shape index (κ3) is 4.35. The summed E-state index contributed by atoms with van der Waals surface area (Å²) < 4.78 is 25.6. The van der Waals surface area contributed by atoms with Gasteiger partial charge in [-0.3, -0.25) is 9.78 Å². The van der Waals surface area contributed by atoms with Crippen LogP contribution in [0.1, 0.15) is 32.1 Å². The second-order valence-electron chi connectivity index (χ2n) is 6.49. The fraction of sp³-hybridized carbons (Fsp3) is 0.444. The molecule has 0 spiro atoms. The van der Waals surface area contributed by atoms with Crippen molar-refractivity contribution in [2.24, 2.45) is 0 Å². The van der Waals surface area contributed by atoms with Crippen LogP contribution in [0.3, 0.4) is 0 Å². The molecular formula is C18H23N3O3S. The monoisotopic (exact) mass is 361 g/mol. The first kappa shape index (κ1) is 17.8. The van der Waals surface area contributed by atoms with Crippen LogP contribution in [0, 0.1) is 0 Å². The van der Waals surface area contributed by atoms with Gasteiger partial charge < -0.3 is 5.32 Å². The summed E-state index contributed by atoms with van der Waals surface area (Å²) in [6.07, 6.45) is 6.88. The van der Waals surface area contributed by atoms with Gasteiger partial charge in [0, 0.05) is 30.6 Å². The molecule has 3 rings (SSSR count). The minimum Gasteiger partial charge on any atom is -0.324 e. The van der Waals surface area contributed by atoms with Gasteiger partial charge in [-0.1, -0.05) is 31.0 Å². The van der Waals surface area contributed by atoms with E-state index < -0.39 is 10.0 Å². The minimum atomic E-state index is -3.31. The van der Waals surface area contributed by atoms with Crippen molar-refractivity contribution in [3.8, 4) is 0 Å². The lowest BCUT2D eigenvalue weighted by atomic mass is 10.2. The Morgan fingerprint density at radius 2 is 1.96 bits per heavy atom. The third-order valence-electron chi connectivity index (χ3n) is 4.62. The number of carbonyl (C=O) groups is 1. The molecule has 1 saturated carbocycles. The third-order valence-corrected chi connectivity index (χ3v) is 5.96. The first-order valence-electron chi connectivity index (χ1n) is 8.55. The number of benzene rings is 1. The summed E-state index contributed by atoms with van der Waals surface area (Å²) in [5.41, 5.74) is 1.38. The summed E-state index contributed by atoms with van der Waals surface area (Å²) in [4.78, 5) is 16.7. The quantitative estimate of drug-likeness (QED) is 0.858. The maximum absolute atomic E-state index is 12.3. The van der Waals surface area contributed by atoms with E-state index in [2.05, 4.69) is 10.3 Å². The van der Waals surface area contributed by atoms with E-state index in [-0.39, 0.29) is 24.9 Å². The highest BCUT2D eigenvalue weighted by atomic mass is 32.2. The number of rotatable bonds is 6. The second kappa shape index (κ2) is 7.49. The molecule has 0 saturated heterocycles. The molecule has 6 nitrogen and oxygen atoms in total. The highest BCUT2D eigenvalue weighted by molar-refractivity contribution is 7.88. The van der Waals surface area contributed by atoms with Crippen molar-refractivity contribution in [1.82, 2.24) is 9.29 Å². The molecule has 0 radical (unpaired) electrons. The fourth-order valence-corrected chi connectivity index (χ4v) is 4.62. The number of nitrogens with one attached hydrogen (secondary N) is 1. The number of hydrogen-bond acceptors (Lipinski definition) is 4. The largest absolute Gasteiger partial charge is 0.324 e. The summed E-state index contributed by atoms with van der Waals surface area (Å²) in [6, 6.07) is 9.41. The molecule has 0 atom stereocenters. The van der Waals surface area contributed by atoms with E-state index in [1.54, 1.807) is 12.3 Å². The molecule has 134 valence electrons. The van der Waals surface area contributed by atoms with E-state index in [1.165, 1.54) is 10.6 Å². The lowest BCUT2D eigenvalue weighted by Crippen LogP contribution is -2.39. The molecule has 25 heavy (non-hydrogen) atoms. The summed E-state index contributed by atoms with van der Waals surface area (Å²) in [5.74, 6) is -0.204. The molecule has 1 fully saturated rings. The first-order chi connectivity index (χ1) is 11.9. The lowest BCUT2D eigenvalue weighted by Gasteiger charge is -2.26. The highest BCUT2D eigenvalue weighted by Crippen LogP contribution is 2.26. The number of amides is 1. The van der Waals surface area contributed by atoms with E-state index in [0.717, 1.165) is 36.6 Å². The van der Waals surface area contributed by atoms with Crippen molar-refractivity contribution in [3.63, 3.8) is 0 Å². The fourth-order valence-electron chi connectivity index (χ4n) is 3.44. The van der Waals surface area contributed by atoms with Gasteiger partial charge in [0.1, 0.15) is 0 Å². The Balaban J connectivity index is 1.67. The Morgan fingerprint density at radius 3 is 2.68 bits per heavy atom. The number of fused-ring (bicyclic) bond motifs is 1. The Kier molecular flexibility index (Phi) is 5.34. The molecule has 1 amide bonds. The van der Waals surface area contributed by atoms with E-state index in [4.69, 9.17) is 0 Å². The predicted octanol–water partition coefficient (Wildman–Crippen LogP) is 2.77. The van der Waals surface area contributed by atoms with Gasteiger partial charge in [0.25, 0.3) is 0 Å². The molecule has 1 heterocycles. The molecule has 1 N–H and O–H groups in total. The maximum atomic E-state index is 12.3. The van der Waals surface area contributed by atoms with Gasteiger partial charge in [0.2, 0.25) is 15.9 Å². The second-order valence-corrected chi connectivity index (χ2v) is 8.43. The van der Waals surface area contributed by atoms with Gasteiger partial charge in [0.05, 0.1) is 17.5 Å². The van der Waals surface area contributed by atoms with E-state index in [9.17, 15) is 13.2 Å². The van der Waals surface area contributed by atoms with Gasteiger partial charge in [-0.25, -0.2) is 8.42 Å². The molecule has 1 aromatic carbocycles. The standard InChI is InChI=1S/C18H23N3O3S/c1-25(23,24)21(15-8-2-3-9-15)13-11-17(22)20-16-10-4-6-14-7-5-12-19-18(14)16/h4-7,10,12,15H,2-3,8-9,11,13H2,1H3,(H,20,22). The lowest BCUT2D eigenvalue weighted by molar-refractivity contribution is -0.116. The number of para-hydroxylation sites is 1. The van der Waals surface area contributed by atoms with E-state index >= 15 is 0 Å². The average Bonchev–Trinajstić information content (AvgIpc) is 3.08. The van der Waals surface area contributed by atoms with Crippen LogP contribution in [0.5, 0.6) is 0 Å². The molecule has 0 bridgehead atoms. The molecule has 1 aliphatic carbocycles. The number of carbonyl (C=O) groups excluding carboxylic acids is 1. The summed E-state index contributed by atoms with van der Waals surface area (Å²) in [6.45, 7) is 0.216. The van der Waals surface area contributed by atoms with E-state index in [1.807, 2.05) is 24.3 Å².